The Balaban J connectivity index is 1.51. The highest BCUT2D eigenvalue weighted by atomic mass is 16.5. The maximum Gasteiger partial charge on any atom is 0.253 e. The van der Waals surface area contributed by atoms with E-state index in [1.165, 1.54) is 6.20 Å². The van der Waals surface area contributed by atoms with Gasteiger partial charge in [0.25, 0.3) is 5.91 Å². The van der Waals surface area contributed by atoms with Crippen LogP contribution in [-0.2, 0) is 11.3 Å². The second-order valence-electron chi connectivity index (χ2n) is 5.69. The Morgan fingerprint density at radius 3 is 3.00 bits per heavy atom. The molecule has 0 saturated carbocycles. The van der Waals surface area contributed by atoms with Gasteiger partial charge in [0.1, 0.15) is 6.61 Å². The normalized spacial score (nSPS) is 16.4. The highest BCUT2D eigenvalue weighted by Gasteiger charge is 2.16. The van der Waals surface area contributed by atoms with Crippen molar-refractivity contribution in [2.45, 2.75) is 25.5 Å². The van der Waals surface area contributed by atoms with Crippen molar-refractivity contribution in [2.75, 3.05) is 20.3 Å². The van der Waals surface area contributed by atoms with Crippen LogP contribution in [-0.4, -0.2) is 42.3 Å². The minimum Gasteiger partial charge on any atom is -0.481 e. The summed E-state index contributed by atoms with van der Waals surface area (Å²) in [5.74, 6) is 0.767. The van der Waals surface area contributed by atoms with Gasteiger partial charge in [0.05, 0.1) is 18.8 Å². The molecule has 0 unspecified atom stereocenters. The highest BCUT2D eigenvalue weighted by molar-refractivity contribution is 5.93. The van der Waals surface area contributed by atoms with Crippen molar-refractivity contribution in [3.8, 4) is 11.8 Å². The summed E-state index contributed by atoms with van der Waals surface area (Å²) < 4.78 is 16.3. The molecule has 1 saturated heterocycles. The Kier molecular flexibility index (Phi) is 5.79. The Bertz CT molecular complexity index is 700. The van der Waals surface area contributed by atoms with Crippen LogP contribution in [0.3, 0.4) is 0 Å². The number of aromatic nitrogens is 2. The van der Waals surface area contributed by atoms with E-state index in [1.54, 1.807) is 31.5 Å². The molecule has 1 amide bonds. The number of nitrogens with zero attached hydrogens (tertiary/aromatic N) is 2. The quantitative estimate of drug-likeness (QED) is 0.828. The number of ether oxygens (including phenoxy) is 3. The summed E-state index contributed by atoms with van der Waals surface area (Å²) in [5, 5.41) is 2.83. The fourth-order valence-corrected chi connectivity index (χ4v) is 2.57. The molecule has 3 rings (SSSR count). The number of hydrogen-bond acceptors (Lipinski definition) is 6. The molecule has 7 heteroatoms. The SMILES string of the molecule is COc1ncccc1CNC(=O)c1ccc(OC[C@H]2CCCO2)nc1. The molecule has 1 fully saturated rings. The number of hydrogen-bond donors (Lipinski definition) is 1. The largest absolute Gasteiger partial charge is 0.481 e. The lowest BCUT2D eigenvalue weighted by Crippen LogP contribution is -2.23. The number of amides is 1. The molecule has 1 N–H and O–H groups in total. The summed E-state index contributed by atoms with van der Waals surface area (Å²) in [4.78, 5) is 20.5. The molecule has 0 bridgehead atoms. The summed E-state index contributed by atoms with van der Waals surface area (Å²) >= 11 is 0. The average Bonchev–Trinajstić information content (AvgIpc) is 3.18. The van der Waals surface area contributed by atoms with Crippen LogP contribution in [0.4, 0.5) is 0 Å². The Labute approximate surface area is 146 Å². The number of carbonyl (C=O) groups is 1. The summed E-state index contributed by atoms with van der Waals surface area (Å²) in [7, 11) is 1.55. The van der Waals surface area contributed by atoms with E-state index in [1.807, 2.05) is 6.07 Å². The van der Waals surface area contributed by atoms with Gasteiger partial charge in [0.2, 0.25) is 11.8 Å². The van der Waals surface area contributed by atoms with E-state index in [4.69, 9.17) is 14.2 Å². The van der Waals surface area contributed by atoms with E-state index in [2.05, 4.69) is 15.3 Å². The minimum absolute atomic E-state index is 0.138. The van der Waals surface area contributed by atoms with Gasteiger partial charge in [-0.1, -0.05) is 6.07 Å². The van der Waals surface area contributed by atoms with Crippen molar-refractivity contribution in [1.82, 2.24) is 15.3 Å². The van der Waals surface area contributed by atoms with Crippen molar-refractivity contribution in [3.05, 3.63) is 47.8 Å². The minimum atomic E-state index is -0.218. The van der Waals surface area contributed by atoms with Crippen LogP contribution in [0, 0.1) is 0 Å². The van der Waals surface area contributed by atoms with E-state index in [9.17, 15) is 4.79 Å². The van der Waals surface area contributed by atoms with E-state index in [0.717, 1.165) is 25.0 Å². The zero-order chi connectivity index (χ0) is 17.5. The molecule has 7 nitrogen and oxygen atoms in total. The van der Waals surface area contributed by atoms with Crippen LogP contribution >= 0.6 is 0 Å². The van der Waals surface area contributed by atoms with Gasteiger partial charge in [0, 0.05) is 37.2 Å². The van der Waals surface area contributed by atoms with Crippen molar-refractivity contribution in [3.63, 3.8) is 0 Å². The van der Waals surface area contributed by atoms with E-state index < -0.39 is 0 Å². The van der Waals surface area contributed by atoms with Crippen LogP contribution in [0.2, 0.25) is 0 Å². The first-order valence-corrected chi connectivity index (χ1v) is 8.23. The number of rotatable bonds is 7. The fourth-order valence-electron chi connectivity index (χ4n) is 2.57. The smallest absolute Gasteiger partial charge is 0.253 e. The van der Waals surface area contributed by atoms with Crippen molar-refractivity contribution in [2.24, 2.45) is 0 Å². The van der Waals surface area contributed by atoms with Gasteiger partial charge in [-0.3, -0.25) is 4.79 Å². The molecule has 25 heavy (non-hydrogen) atoms. The van der Waals surface area contributed by atoms with Crippen LogP contribution < -0.4 is 14.8 Å². The highest BCUT2D eigenvalue weighted by Crippen LogP contribution is 2.15. The van der Waals surface area contributed by atoms with Crippen molar-refractivity contribution < 1.29 is 19.0 Å². The number of methoxy groups -OCH3 is 1. The monoisotopic (exact) mass is 343 g/mol. The second-order valence-corrected chi connectivity index (χ2v) is 5.69. The number of carbonyl (C=O) groups excluding carboxylic acids is 1. The molecule has 0 spiro atoms. The third kappa shape index (κ3) is 4.67. The molecular weight excluding hydrogens is 322 g/mol. The molecule has 0 aromatic carbocycles. The van der Waals surface area contributed by atoms with Gasteiger partial charge >= 0.3 is 0 Å². The van der Waals surface area contributed by atoms with E-state index in [0.29, 0.717) is 30.5 Å². The maximum absolute atomic E-state index is 12.2. The first-order chi connectivity index (χ1) is 12.3. The number of pyridine rings is 2. The number of nitrogens with one attached hydrogen (secondary N) is 1. The molecule has 132 valence electrons. The molecule has 1 atom stereocenters. The van der Waals surface area contributed by atoms with Crippen LogP contribution in [0.1, 0.15) is 28.8 Å². The molecule has 0 radical (unpaired) electrons. The summed E-state index contributed by atoms with van der Waals surface area (Å²) in [6, 6.07) is 7.03. The molecule has 1 aliphatic rings. The van der Waals surface area contributed by atoms with Crippen LogP contribution in [0.25, 0.3) is 0 Å². The lowest BCUT2D eigenvalue weighted by Gasteiger charge is -2.11. The summed E-state index contributed by atoms with van der Waals surface area (Å²) in [5.41, 5.74) is 1.27. The van der Waals surface area contributed by atoms with Gasteiger partial charge in [-0.05, 0) is 25.0 Å². The predicted molar refractivity (Wildman–Crippen MR) is 90.7 cm³/mol. The molecule has 3 heterocycles. The third-order valence-electron chi connectivity index (χ3n) is 3.92. The molecule has 1 aliphatic heterocycles. The van der Waals surface area contributed by atoms with Crippen LogP contribution in [0.5, 0.6) is 11.8 Å². The predicted octanol–water partition coefficient (Wildman–Crippen LogP) is 1.97. The van der Waals surface area contributed by atoms with Crippen molar-refractivity contribution >= 4 is 5.91 Å². The van der Waals surface area contributed by atoms with Gasteiger partial charge < -0.3 is 19.5 Å². The fraction of sp³-hybridized carbons (Fsp3) is 0.389. The van der Waals surface area contributed by atoms with E-state index >= 15 is 0 Å². The van der Waals surface area contributed by atoms with Gasteiger partial charge in [0.15, 0.2) is 0 Å². The zero-order valence-corrected chi connectivity index (χ0v) is 14.1. The molecule has 2 aromatic rings. The average molecular weight is 343 g/mol. The second kappa shape index (κ2) is 8.43. The van der Waals surface area contributed by atoms with E-state index in [-0.39, 0.29) is 12.0 Å². The Morgan fingerprint density at radius 1 is 1.36 bits per heavy atom. The zero-order valence-electron chi connectivity index (χ0n) is 14.1. The van der Waals surface area contributed by atoms with Gasteiger partial charge in [-0.2, -0.15) is 0 Å². The standard InChI is InChI=1S/C18H21N3O4/c1-23-18-14(4-2-8-19-18)11-21-17(22)13-6-7-16(20-10-13)25-12-15-5-3-9-24-15/h2,4,6-8,10,15H,3,5,9,11-12H2,1H3,(H,21,22)/t15-/m1/s1. The van der Waals surface area contributed by atoms with Crippen molar-refractivity contribution in [1.29, 1.82) is 0 Å². The lowest BCUT2D eigenvalue weighted by molar-refractivity contribution is 0.0663. The molecule has 0 aliphatic carbocycles. The Morgan fingerprint density at radius 2 is 2.28 bits per heavy atom. The lowest BCUT2D eigenvalue weighted by atomic mass is 10.2. The third-order valence-corrected chi connectivity index (χ3v) is 3.92. The first-order valence-electron chi connectivity index (χ1n) is 8.23. The van der Waals surface area contributed by atoms with Gasteiger partial charge in [-0.15, -0.1) is 0 Å². The topological polar surface area (TPSA) is 82.6 Å². The van der Waals surface area contributed by atoms with Crippen LogP contribution in [0.15, 0.2) is 36.7 Å². The molecule has 2 aromatic heterocycles. The van der Waals surface area contributed by atoms with Gasteiger partial charge in [-0.25, -0.2) is 9.97 Å². The molecular formula is C18H21N3O4. The Hall–Kier alpha value is -2.67. The summed E-state index contributed by atoms with van der Waals surface area (Å²) in [6.45, 7) is 1.61. The first kappa shape index (κ1) is 17.2. The summed E-state index contributed by atoms with van der Waals surface area (Å²) in [6.07, 6.45) is 5.37. The maximum atomic E-state index is 12.2.